The molecule has 4 N–H and O–H groups in total. The number of halogens is 1. The Morgan fingerprint density at radius 3 is 2.79 bits per heavy atom. The van der Waals surface area contributed by atoms with Crippen LogP contribution in [0, 0.1) is 5.82 Å². The summed E-state index contributed by atoms with van der Waals surface area (Å²) in [6.07, 6.45) is 4.20. The van der Waals surface area contributed by atoms with Crippen LogP contribution in [0.3, 0.4) is 0 Å². The Labute approximate surface area is 191 Å². The molecule has 0 atom stereocenters. The molecule has 0 radical (unpaired) electrons. The van der Waals surface area contributed by atoms with Crippen LogP contribution in [-0.2, 0) is 19.5 Å². The summed E-state index contributed by atoms with van der Waals surface area (Å²) >= 11 is 0. The molecule has 4 rings (SSSR count). The second-order valence-electron chi connectivity index (χ2n) is 7.57. The number of nitrogens with zero attached hydrogens (tertiary/aromatic N) is 1. The summed E-state index contributed by atoms with van der Waals surface area (Å²) in [4.78, 5) is 19.8. The Morgan fingerprint density at radius 1 is 1.06 bits per heavy atom. The van der Waals surface area contributed by atoms with Crippen molar-refractivity contribution >= 4 is 22.8 Å². The molecule has 0 spiro atoms. The third-order valence-corrected chi connectivity index (χ3v) is 5.29. The highest BCUT2D eigenvalue weighted by Gasteiger charge is 2.08. The lowest BCUT2D eigenvalue weighted by Crippen LogP contribution is -2.37. The first-order valence-corrected chi connectivity index (χ1v) is 10.7. The molecule has 1 amide bonds. The molecule has 0 saturated heterocycles. The van der Waals surface area contributed by atoms with Gasteiger partial charge >= 0.3 is 0 Å². The van der Waals surface area contributed by atoms with Gasteiger partial charge in [-0.25, -0.2) is 4.39 Å². The van der Waals surface area contributed by atoms with Gasteiger partial charge in [0, 0.05) is 42.8 Å². The van der Waals surface area contributed by atoms with Gasteiger partial charge in [-0.3, -0.25) is 9.79 Å². The van der Waals surface area contributed by atoms with Gasteiger partial charge < -0.3 is 25.4 Å². The van der Waals surface area contributed by atoms with Crippen LogP contribution in [0.1, 0.15) is 27.2 Å². The van der Waals surface area contributed by atoms with Crippen LogP contribution in [0.4, 0.5) is 4.39 Å². The number of guanidine groups is 1. The van der Waals surface area contributed by atoms with Crippen molar-refractivity contribution in [3.63, 3.8) is 0 Å². The highest BCUT2D eigenvalue weighted by Crippen LogP contribution is 2.19. The average molecular weight is 448 g/mol. The van der Waals surface area contributed by atoms with E-state index in [-0.39, 0.29) is 11.7 Å². The van der Waals surface area contributed by atoms with Crippen LogP contribution in [0.2, 0.25) is 0 Å². The second-order valence-corrected chi connectivity index (χ2v) is 7.57. The molecule has 2 aromatic heterocycles. The number of carbonyl (C=O) groups excluding carboxylic acids is 1. The Kier molecular flexibility index (Phi) is 7.04. The number of aliphatic imine (C=N–C) groups is 1. The smallest absolute Gasteiger partial charge is 0.251 e. The van der Waals surface area contributed by atoms with Gasteiger partial charge in [-0.15, -0.1) is 0 Å². The molecule has 2 aromatic carbocycles. The highest BCUT2D eigenvalue weighted by molar-refractivity contribution is 5.94. The fourth-order valence-electron chi connectivity index (χ4n) is 3.58. The third-order valence-electron chi connectivity index (χ3n) is 5.29. The van der Waals surface area contributed by atoms with Gasteiger partial charge in [-0.1, -0.05) is 12.1 Å². The van der Waals surface area contributed by atoms with E-state index in [0.29, 0.717) is 36.9 Å². The second kappa shape index (κ2) is 10.5. The predicted octanol–water partition coefficient (Wildman–Crippen LogP) is 3.74. The summed E-state index contributed by atoms with van der Waals surface area (Å²) in [6, 6.07) is 15.8. The van der Waals surface area contributed by atoms with E-state index in [1.165, 1.54) is 6.07 Å². The maximum Gasteiger partial charge on any atom is 0.251 e. The molecule has 0 unspecified atom stereocenters. The number of benzene rings is 2. The van der Waals surface area contributed by atoms with E-state index in [9.17, 15) is 9.18 Å². The van der Waals surface area contributed by atoms with E-state index in [1.807, 2.05) is 30.5 Å². The molecule has 0 fully saturated rings. The van der Waals surface area contributed by atoms with Gasteiger partial charge in [0.25, 0.3) is 5.91 Å². The summed E-state index contributed by atoms with van der Waals surface area (Å²) in [5.41, 5.74) is 3.49. The Balaban J connectivity index is 1.27. The van der Waals surface area contributed by atoms with Crippen LogP contribution in [-0.4, -0.2) is 30.4 Å². The number of H-pyrrole nitrogens is 1. The minimum absolute atomic E-state index is 0.161. The number of rotatable bonds is 8. The zero-order valence-corrected chi connectivity index (χ0v) is 18.3. The number of amides is 1. The fraction of sp³-hybridized carbons (Fsp3) is 0.200. The summed E-state index contributed by atoms with van der Waals surface area (Å²) in [5, 5.41) is 10.3. The molecular weight excluding hydrogens is 421 g/mol. The molecule has 7 nitrogen and oxygen atoms in total. The quantitative estimate of drug-likeness (QED) is 0.245. The lowest BCUT2D eigenvalue weighted by molar-refractivity contribution is 0.0948. The van der Waals surface area contributed by atoms with Crippen molar-refractivity contribution in [2.45, 2.75) is 19.5 Å². The number of nitrogens with one attached hydrogen (secondary N) is 4. The van der Waals surface area contributed by atoms with E-state index in [2.05, 4.69) is 25.9 Å². The van der Waals surface area contributed by atoms with Crippen LogP contribution < -0.4 is 16.0 Å². The van der Waals surface area contributed by atoms with Crippen LogP contribution in [0.5, 0.6) is 0 Å². The van der Waals surface area contributed by atoms with Gasteiger partial charge in [0.05, 0.1) is 12.8 Å². The van der Waals surface area contributed by atoms with Gasteiger partial charge in [-0.05, 0) is 60.0 Å². The van der Waals surface area contributed by atoms with E-state index >= 15 is 0 Å². The zero-order valence-electron chi connectivity index (χ0n) is 18.3. The molecule has 33 heavy (non-hydrogen) atoms. The van der Waals surface area contributed by atoms with Crippen molar-refractivity contribution in [3.05, 3.63) is 95.3 Å². The Morgan fingerprint density at radius 2 is 1.97 bits per heavy atom. The summed E-state index contributed by atoms with van der Waals surface area (Å²) in [7, 11) is 1.70. The fourth-order valence-corrected chi connectivity index (χ4v) is 3.58. The summed E-state index contributed by atoms with van der Waals surface area (Å²) in [5.74, 6) is 0.944. The highest BCUT2D eigenvalue weighted by atomic mass is 19.1. The average Bonchev–Trinajstić information content (AvgIpc) is 3.50. The van der Waals surface area contributed by atoms with E-state index < -0.39 is 0 Å². The summed E-state index contributed by atoms with van der Waals surface area (Å²) < 4.78 is 18.8. The van der Waals surface area contributed by atoms with Crippen molar-refractivity contribution in [2.75, 3.05) is 13.6 Å². The van der Waals surface area contributed by atoms with Gasteiger partial charge in [-0.2, -0.15) is 0 Å². The van der Waals surface area contributed by atoms with Crippen molar-refractivity contribution in [2.24, 2.45) is 4.99 Å². The maximum atomic E-state index is 13.6. The molecular formula is C25H26FN5O2. The number of aromatic amines is 1. The van der Waals surface area contributed by atoms with E-state index in [0.717, 1.165) is 28.5 Å². The lowest BCUT2D eigenvalue weighted by atomic mass is 10.1. The minimum atomic E-state index is -0.245. The third kappa shape index (κ3) is 5.79. The predicted molar refractivity (Wildman–Crippen MR) is 126 cm³/mol. The molecule has 0 aliphatic heterocycles. The number of hydrogen-bond donors (Lipinski definition) is 4. The van der Waals surface area contributed by atoms with Gasteiger partial charge in [0.1, 0.15) is 11.6 Å². The number of fused-ring (bicyclic) bond motifs is 1. The standard InChI is InChI=1S/C25H26FN5O2/c1-27-25(28-10-9-19-15-29-23-8-7-20(26)13-22(19)23)31-14-17-4-2-5-18(12-17)24(32)30-16-21-6-3-11-33-21/h2-8,11-13,15,29H,9-10,14,16H2,1H3,(H,30,32)(H2,27,28,31). The lowest BCUT2D eigenvalue weighted by Gasteiger charge is -2.12. The van der Waals surface area contributed by atoms with E-state index in [4.69, 9.17) is 4.42 Å². The number of furan rings is 1. The molecule has 0 bridgehead atoms. The molecule has 8 heteroatoms. The monoisotopic (exact) mass is 447 g/mol. The maximum absolute atomic E-state index is 13.6. The molecule has 0 saturated carbocycles. The van der Waals surface area contributed by atoms with E-state index in [1.54, 1.807) is 37.6 Å². The SMILES string of the molecule is CN=C(NCCc1c[nH]c2ccc(F)cc12)NCc1cccc(C(=O)NCc2ccco2)c1. The summed E-state index contributed by atoms with van der Waals surface area (Å²) in [6.45, 7) is 1.49. The van der Waals surface area contributed by atoms with Crippen molar-refractivity contribution in [1.82, 2.24) is 20.9 Å². The number of carbonyl (C=O) groups is 1. The van der Waals surface area contributed by atoms with Crippen LogP contribution in [0.25, 0.3) is 10.9 Å². The Bertz CT molecular complexity index is 1250. The minimum Gasteiger partial charge on any atom is -0.467 e. The molecule has 170 valence electrons. The van der Waals surface area contributed by atoms with Crippen LogP contribution >= 0.6 is 0 Å². The number of hydrogen-bond acceptors (Lipinski definition) is 3. The number of aromatic nitrogens is 1. The van der Waals surface area contributed by atoms with Gasteiger partial charge in [0.15, 0.2) is 5.96 Å². The molecule has 0 aliphatic rings. The normalized spacial score (nSPS) is 11.5. The first kappa shape index (κ1) is 22.1. The van der Waals surface area contributed by atoms with Crippen molar-refractivity contribution in [3.8, 4) is 0 Å². The topological polar surface area (TPSA) is 94.5 Å². The first-order valence-electron chi connectivity index (χ1n) is 10.7. The molecule has 0 aliphatic carbocycles. The molecule has 4 aromatic rings. The zero-order chi connectivity index (χ0) is 23.0. The van der Waals surface area contributed by atoms with Crippen LogP contribution in [0.15, 0.2) is 76.5 Å². The van der Waals surface area contributed by atoms with Crippen molar-refractivity contribution < 1.29 is 13.6 Å². The van der Waals surface area contributed by atoms with Crippen molar-refractivity contribution in [1.29, 1.82) is 0 Å². The Hall–Kier alpha value is -4.07. The largest absolute Gasteiger partial charge is 0.467 e. The first-order chi connectivity index (χ1) is 16.1. The van der Waals surface area contributed by atoms with Gasteiger partial charge in [0.2, 0.25) is 0 Å². The molecule has 2 heterocycles.